The number of alkyl halides is 1. The van der Waals surface area contributed by atoms with Crippen LogP contribution in [0.1, 0.15) is 11.1 Å². The molecule has 2 aromatic carbocycles. The van der Waals surface area contributed by atoms with Gasteiger partial charge in [0.2, 0.25) is 5.88 Å². The number of aliphatic hydroxyl groups excluding tert-OH is 1. The van der Waals surface area contributed by atoms with E-state index in [1.165, 1.54) is 0 Å². The smallest absolute Gasteiger partial charge is 0.236 e. The van der Waals surface area contributed by atoms with E-state index in [1.54, 1.807) is 25.1 Å². The van der Waals surface area contributed by atoms with Gasteiger partial charge in [0.25, 0.3) is 0 Å². The molecule has 0 aliphatic heterocycles. The zero-order valence-electron chi connectivity index (χ0n) is 15.5. The van der Waals surface area contributed by atoms with Crippen molar-refractivity contribution in [2.75, 3.05) is 11.9 Å². The molecule has 0 aliphatic rings. The van der Waals surface area contributed by atoms with Gasteiger partial charge in [0.05, 0.1) is 6.61 Å². The van der Waals surface area contributed by atoms with E-state index in [0.29, 0.717) is 16.4 Å². The Morgan fingerprint density at radius 1 is 1.23 bits per heavy atom. The van der Waals surface area contributed by atoms with Crippen LogP contribution in [0, 0.1) is 24.0 Å². The van der Waals surface area contributed by atoms with Gasteiger partial charge in [-0.2, -0.15) is 4.37 Å². The number of nitrogens with zero attached hydrogens (tertiary/aromatic N) is 1. The summed E-state index contributed by atoms with van der Waals surface area (Å²) >= 11 is 2.91. The first-order chi connectivity index (χ1) is 14.3. The molecule has 0 saturated heterocycles. The zero-order chi connectivity index (χ0) is 21.8. The van der Waals surface area contributed by atoms with Crippen molar-refractivity contribution < 1.29 is 23.7 Å². The largest absolute Gasteiger partial charge is 0.492 e. The molecule has 5 N–H and O–H groups in total. The quantitative estimate of drug-likeness (QED) is 0.0972. The van der Waals surface area contributed by atoms with Crippen molar-refractivity contribution in [3.8, 4) is 17.4 Å². The molecule has 1 aromatic heterocycles. The summed E-state index contributed by atoms with van der Waals surface area (Å²) in [4.78, 5) is 0. The van der Waals surface area contributed by atoms with Crippen molar-refractivity contribution in [2.45, 2.75) is 11.0 Å². The Hall–Kier alpha value is -2.51. The lowest BCUT2D eigenvalue weighted by atomic mass is 10.2. The summed E-state index contributed by atoms with van der Waals surface area (Å²) in [6, 6.07) is 7.94. The van der Waals surface area contributed by atoms with E-state index in [2.05, 4.69) is 15.0 Å². The molecule has 0 saturated carbocycles. The van der Waals surface area contributed by atoms with Crippen LogP contribution in [-0.2, 0) is 0 Å². The number of rotatable bonds is 7. The van der Waals surface area contributed by atoms with Gasteiger partial charge in [-0.05, 0) is 42.2 Å². The normalized spacial score (nSPS) is 11.8. The number of hydrogen-bond donors (Lipinski definition) is 5. The molecule has 1 atom stereocenters. The predicted octanol–water partition coefficient (Wildman–Crippen LogP) is 4.64. The minimum Gasteiger partial charge on any atom is -0.492 e. The molecule has 3 aromatic rings. The Balaban J connectivity index is 1.79. The average Bonchev–Trinajstić information content (AvgIpc) is 3.03. The zero-order valence-corrected chi connectivity index (χ0v) is 18.5. The van der Waals surface area contributed by atoms with E-state index < -0.39 is 15.7 Å². The minimum absolute atomic E-state index is 0.0408. The Morgan fingerprint density at radius 3 is 2.57 bits per heavy atom. The van der Waals surface area contributed by atoms with E-state index in [1.807, 2.05) is 22.6 Å². The molecule has 3 rings (SSSR count). The third kappa shape index (κ3) is 5.34. The highest BCUT2D eigenvalue weighted by Gasteiger charge is 2.20. The van der Waals surface area contributed by atoms with Crippen LogP contribution in [0.3, 0.4) is 0 Å². The van der Waals surface area contributed by atoms with Crippen molar-refractivity contribution in [3.05, 3.63) is 59.2 Å². The van der Waals surface area contributed by atoms with Gasteiger partial charge < -0.3 is 25.6 Å². The third-order valence-corrected chi connectivity index (χ3v) is 5.36. The second-order valence-corrected chi connectivity index (χ2v) is 8.47. The van der Waals surface area contributed by atoms with Crippen LogP contribution < -0.4 is 15.4 Å². The summed E-state index contributed by atoms with van der Waals surface area (Å²) in [6.07, 6.45) is 0. The van der Waals surface area contributed by atoms with Crippen LogP contribution in [0.25, 0.3) is 0 Å². The number of amidine groups is 1. The van der Waals surface area contributed by atoms with Crippen molar-refractivity contribution in [1.82, 2.24) is 9.69 Å². The van der Waals surface area contributed by atoms with Gasteiger partial charge in [0.15, 0.2) is 0 Å². The monoisotopic (exact) mass is 546 g/mol. The topological polar surface area (TPSA) is 110 Å². The van der Waals surface area contributed by atoms with Crippen LogP contribution >= 0.6 is 34.1 Å². The lowest BCUT2D eigenvalue weighted by Gasteiger charge is -2.14. The molecule has 0 radical (unpaired) electrons. The molecule has 0 bridgehead atoms. The van der Waals surface area contributed by atoms with Crippen LogP contribution in [0.4, 0.5) is 19.5 Å². The van der Waals surface area contributed by atoms with Gasteiger partial charge in [0.1, 0.15) is 43.6 Å². The van der Waals surface area contributed by atoms with Gasteiger partial charge in [-0.25, -0.2) is 8.78 Å². The number of halogens is 3. The first-order valence-corrected chi connectivity index (χ1v) is 10.6. The molecule has 0 fully saturated rings. The molecule has 1 heterocycles. The average molecular weight is 546 g/mol. The van der Waals surface area contributed by atoms with Gasteiger partial charge in [0, 0.05) is 23.9 Å². The number of ether oxygens (including phenoxy) is 1. The molecular weight excluding hydrogens is 529 g/mol. The number of hydrogen-bond acceptors (Lipinski definition) is 7. The van der Waals surface area contributed by atoms with E-state index >= 15 is 0 Å². The molecule has 0 spiro atoms. The maximum Gasteiger partial charge on any atom is 0.236 e. The third-order valence-electron chi connectivity index (χ3n) is 3.90. The van der Waals surface area contributed by atoms with E-state index in [0.717, 1.165) is 35.3 Å². The molecule has 7 nitrogen and oxygen atoms in total. The maximum absolute atomic E-state index is 13.3. The Bertz CT molecular complexity index is 1060. The lowest BCUT2D eigenvalue weighted by Crippen LogP contribution is -2.32. The lowest BCUT2D eigenvalue weighted by molar-refractivity contribution is 0.294. The fraction of sp³-hybridized carbons (Fsp3) is 0.158. The van der Waals surface area contributed by atoms with Crippen LogP contribution in [-0.4, -0.2) is 31.1 Å². The number of anilines is 2. The van der Waals surface area contributed by atoms with Gasteiger partial charge >= 0.3 is 0 Å². The SMILES string of the molecule is Cc1cc(Oc2cc(F)cc(F)c2)ccc1Nc1snc(O)c1C(=N)N[C@H](I)CO. The highest BCUT2D eigenvalue weighted by Crippen LogP contribution is 2.34. The van der Waals surface area contributed by atoms with E-state index in [-0.39, 0.29) is 29.6 Å². The molecule has 158 valence electrons. The summed E-state index contributed by atoms with van der Waals surface area (Å²) < 4.78 is 35.7. The first-order valence-electron chi connectivity index (χ1n) is 8.57. The van der Waals surface area contributed by atoms with E-state index in [9.17, 15) is 13.9 Å². The van der Waals surface area contributed by atoms with Gasteiger partial charge in [-0.1, -0.05) is 22.6 Å². The predicted molar refractivity (Wildman–Crippen MR) is 120 cm³/mol. The van der Waals surface area contributed by atoms with Crippen molar-refractivity contribution in [2.24, 2.45) is 0 Å². The Morgan fingerprint density at radius 2 is 1.93 bits per heavy atom. The van der Waals surface area contributed by atoms with Crippen LogP contribution in [0.15, 0.2) is 36.4 Å². The number of aromatic nitrogens is 1. The number of aliphatic hydroxyl groups is 1. The van der Waals surface area contributed by atoms with Crippen molar-refractivity contribution >= 4 is 50.6 Å². The highest BCUT2D eigenvalue weighted by atomic mass is 127. The first kappa shape index (κ1) is 22.2. The summed E-state index contributed by atoms with van der Waals surface area (Å²) in [5.74, 6) is -1.41. The number of aryl methyl sites for hydroxylation is 1. The fourth-order valence-corrected chi connectivity index (χ4v) is 3.57. The molecular formula is C19H17F2IN4O3S. The standard InChI is InChI=1S/C19H17F2IN4O3S/c1-9-4-12(29-13-6-10(20)5-11(21)7-13)2-3-14(9)24-19-16(18(28)26-30-19)17(23)25-15(22)8-27/h2-7,15,24,27H,8H2,1H3,(H2,23,25)(H,26,28)/t15-/m0/s1. The fourth-order valence-electron chi connectivity index (χ4n) is 2.55. The second-order valence-electron chi connectivity index (χ2n) is 6.19. The van der Waals surface area contributed by atoms with Crippen molar-refractivity contribution in [3.63, 3.8) is 0 Å². The number of aromatic hydroxyl groups is 1. The molecule has 11 heteroatoms. The summed E-state index contributed by atoms with van der Waals surface area (Å²) in [5.41, 5.74) is 1.61. The molecule has 0 aliphatic carbocycles. The summed E-state index contributed by atoms with van der Waals surface area (Å²) in [7, 11) is 0. The van der Waals surface area contributed by atoms with Gasteiger partial charge in [-0.3, -0.25) is 5.41 Å². The Kier molecular flexibility index (Phi) is 7.05. The summed E-state index contributed by atoms with van der Waals surface area (Å²) in [6.45, 7) is 1.62. The molecule has 0 amide bonds. The minimum atomic E-state index is -0.733. The van der Waals surface area contributed by atoms with Crippen LogP contribution in [0.5, 0.6) is 17.4 Å². The maximum atomic E-state index is 13.3. The number of benzene rings is 2. The van der Waals surface area contributed by atoms with Crippen LogP contribution in [0.2, 0.25) is 0 Å². The number of nitrogens with one attached hydrogen (secondary N) is 3. The second kappa shape index (κ2) is 9.53. The van der Waals surface area contributed by atoms with E-state index in [4.69, 9.17) is 15.3 Å². The van der Waals surface area contributed by atoms with Gasteiger partial charge in [-0.15, -0.1) is 0 Å². The Labute approximate surface area is 188 Å². The molecule has 0 unspecified atom stereocenters. The molecule has 30 heavy (non-hydrogen) atoms. The van der Waals surface area contributed by atoms with Crippen molar-refractivity contribution in [1.29, 1.82) is 5.41 Å². The summed E-state index contributed by atoms with van der Waals surface area (Å²) in [5, 5.41) is 33.6. The highest BCUT2D eigenvalue weighted by molar-refractivity contribution is 14.1.